The van der Waals surface area contributed by atoms with Crippen LogP contribution in [0.1, 0.15) is 11.1 Å². The second kappa shape index (κ2) is 6.95. The predicted octanol–water partition coefficient (Wildman–Crippen LogP) is 4.19. The topological polar surface area (TPSA) is 42.2 Å². The average Bonchev–Trinajstić information content (AvgIpc) is 2.48. The summed E-state index contributed by atoms with van der Waals surface area (Å²) < 4.78 is 10.7. The molecule has 0 saturated carbocycles. The summed E-state index contributed by atoms with van der Waals surface area (Å²) in [5, 5.41) is 9.21. The van der Waals surface area contributed by atoms with E-state index in [2.05, 4.69) is 0 Å². The van der Waals surface area contributed by atoms with Gasteiger partial charge in [0.05, 0.1) is 23.3 Å². The van der Waals surface area contributed by atoms with Gasteiger partial charge in [-0.25, -0.2) is 0 Å². The second-order valence-corrected chi connectivity index (χ2v) is 4.65. The highest BCUT2D eigenvalue weighted by Gasteiger charge is 2.04. The number of halogens is 1. The van der Waals surface area contributed by atoms with Gasteiger partial charge in [-0.3, -0.25) is 0 Å². The maximum atomic E-state index is 8.78. The quantitative estimate of drug-likeness (QED) is 0.828. The molecule has 2 rings (SSSR count). The van der Waals surface area contributed by atoms with E-state index < -0.39 is 0 Å². The van der Waals surface area contributed by atoms with E-state index in [0.717, 1.165) is 6.42 Å². The van der Waals surface area contributed by atoms with Crippen LogP contribution in [0.4, 0.5) is 0 Å². The third-order valence-electron chi connectivity index (χ3n) is 2.81. The van der Waals surface area contributed by atoms with Gasteiger partial charge in [0, 0.05) is 7.11 Å². The Hall–Kier alpha value is -2.02. The molecule has 2 aromatic carbocycles. The Morgan fingerprint density at radius 1 is 1.15 bits per heavy atom. The minimum atomic E-state index is 0.424. The molecule has 0 amide bonds. The molecule has 4 heteroatoms. The van der Waals surface area contributed by atoms with Crippen molar-refractivity contribution in [2.75, 3.05) is 13.7 Å². The number of benzene rings is 2. The Bertz CT molecular complexity index is 617. The van der Waals surface area contributed by atoms with Crippen LogP contribution < -0.4 is 4.74 Å². The van der Waals surface area contributed by atoms with Gasteiger partial charge in [0.15, 0.2) is 0 Å². The summed E-state index contributed by atoms with van der Waals surface area (Å²) >= 11 is 6.07. The number of ether oxygens (including phenoxy) is 2. The van der Waals surface area contributed by atoms with Crippen molar-refractivity contribution < 1.29 is 9.47 Å². The summed E-state index contributed by atoms with van der Waals surface area (Å²) in [6.45, 7) is 0.696. The van der Waals surface area contributed by atoms with E-state index in [4.69, 9.17) is 26.3 Å². The first-order valence-corrected chi connectivity index (χ1v) is 6.56. The monoisotopic (exact) mass is 287 g/mol. The lowest BCUT2D eigenvalue weighted by atomic mass is 10.1. The van der Waals surface area contributed by atoms with Gasteiger partial charge in [0.25, 0.3) is 0 Å². The zero-order chi connectivity index (χ0) is 14.4. The minimum Gasteiger partial charge on any atom is -0.456 e. The molecule has 0 aliphatic carbocycles. The number of hydrogen-bond acceptors (Lipinski definition) is 3. The van der Waals surface area contributed by atoms with Crippen LogP contribution in [-0.2, 0) is 11.2 Å². The van der Waals surface area contributed by atoms with Crippen LogP contribution in [0.5, 0.6) is 11.5 Å². The molecule has 20 heavy (non-hydrogen) atoms. The predicted molar refractivity (Wildman–Crippen MR) is 78.3 cm³/mol. The second-order valence-electron chi connectivity index (χ2n) is 4.25. The fourth-order valence-electron chi connectivity index (χ4n) is 1.72. The highest BCUT2D eigenvalue weighted by Crippen LogP contribution is 2.30. The minimum absolute atomic E-state index is 0.424. The van der Waals surface area contributed by atoms with Crippen molar-refractivity contribution in [3.8, 4) is 17.6 Å². The summed E-state index contributed by atoms with van der Waals surface area (Å²) in [4.78, 5) is 0. The molecule has 0 unspecified atom stereocenters. The Morgan fingerprint density at radius 3 is 2.50 bits per heavy atom. The number of hydrogen-bond donors (Lipinski definition) is 0. The van der Waals surface area contributed by atoms with E-state index >= 15 is 0 Å². The van der Waals surface area contributed by atoms with Gasteiger partial charge in [-0.15, -0.1) is 0 Å². The molecule has 0 radical (unpaired) electrons. The zero-order valence-corrected chi connectivity index (χ0v) is 11.9. The van der Waals surface area contributed by atoms with E-state index in [9.17, 15) is 0 Å². The molecule has 0 atom stereocenters. The molecule has 0 aliphatic rings. The summed E-state index contributed by atoms with van der Waals surface area (Å²) in [5.74, 6) is 1.24. The van der Waals surface area contributed by atoms with Gasteiger partial charge in [-0.1, -0.05) is 23.7 Å². The Labute approximate surface area is 123 Å². The molecule has 2 aromatic rings. The highest BCUT2D eigenvalue weighted by molar-refractivity contribution is 6.32. The van der Waals surface area contributed by atoms with Crippen molar-refractivity contribution in [1.29, 1.82) is 5.26 Å². The maximum absolute atomic E-state index is 8.78. The van der Waals surface area contributed by atoms with Crippen LogP contribution in [0.3, 0.4) is 0 Å². The number of rotatable bonds is 5. The summed E-state index contributed by atoms with van der Waals surface area (Å²) in [7, 11) is 1.68. The lowest BCUT2D eigenvalue weighted by Crippen LogP contribution is -1.94. The van der Waals surface area contributed by atoms with Gasteiger partial charge in [0.1, 0.15) is 11.5 Å². The molecule has 0 spiro atoms. The molecule has 0 bridgehead atoms. The lowest BCUT2D eigenvalue weighted by molar-refractivity contribution is 0.202. The van der Waals surface area contributed by atoms with Crippen molar-refractivity contribution in [1.82, 2.24) is 0 Å². The van der Waals surface area contributed by atoms with Gasteiger partial charge in [-0.2, -0.15) is 5.26 Å². The molecule has 3 nitrogen and oxygen atoms in total. The zero-order valence-electron chi connectivity index (χ0n) is 11.1. The molecule has 0 heterocycles. The normalized spacial score (nSPS) is 10.1. The Balaban J connectivity index is 2.08. The van der Waals surface area contributed by atoms with Gasteiger partial charge in [0.2, 0.25) is 0 Å². The number of nitriles is 1. The first-order chi connectivity index (χ1) is 9.72. The average molecular weight is 288 g/mol. The van der Waals surface area contributed by atoms with E-state index in [1.807, 2.05) is 30.3 Å². The van der Waals surface area contributed by atoms with Gasteiger partial charge < -0.3 is 9.47 Å². The Kier molecular flexibility index (Phi) is 5.00. The molecule has 0 fully saturated rings. The number of nitrogens with zero attached hydrogens (tertiary/aromatic N) is 1. The van der Waals surface area contributed by atoms with Crippen molar-refractivity contribution in [2.45, 2.75) is 6.42 Å². The van der Waals surface area contributed by atoms with Crippen LogP contribution in [-0.4, -0.2) is 13.7 Å². The van der Waals surface area contributed by atoms with E-state index in [1.165, 1.54) is 5.56 Å². The molecule has 0 aliphatic heterocycles. The molecule has 0 aromatic heterocycles. The summed E-state index contributed by atoms with van der Waals surface area (Å²) in [5.41, 5.74) is 1.70. The van der Waals surface area contributed by atoms with Gasteiger partial charge in [-0.05, 0) is 42.3 Å². The van der Waals surface area contributed by atoms with Crippen molar-refractivity contribution in [2.24, 2.45) is 0 Å². The van der Waals surface area contributed by atoms with Crippen LogP contribution >= 0.6 is 11.6 Å². The van der Waals surface area contributed by atoms with E-state index in [0.29, 0.717) is 28.7 Å². The summed E-state index contributed by atoms with van der Waals surface area (Å²) in [6, 6.07) is 14.8. The summed E-state index contributed by atoms with van der Waals surface area (Å²) in [6.07, 6.45) is 0.869. The highest BCUT2D eigenvalue weighted by atomic mass is 35.5. The van der Waals surface area contributed by atoms with Crippen molar-refractivity contribution in [3.63, 3.8) is 0 Å². The van der Waals surface area contributed by atoms with Gasteiger partial charge >= 0.3 is 0 Å². The molecular weight excluding hydrogens is 274 g/mol. The molecule has 102 valence electrons. The SMILES string of the molecule is COCCc1ccc(Oc2ccc(C#N)cc2Cl)cc1. The van der Waals surface area contributed by atoms with E-state index in [-0.39, 0.29) is 0 Å². The first-order valence-electron chi connectivity index (χ1n) is 6.18. The third-order valence-corrected chi connectivity index (χ3v) is 3.10. The maximum Gasteiger partial charge on any atom is 0.146 e. The van der Waals surface area contributed by atoms with Crippen LogP contribution in [0, 0.1) is 11.3 Å². The lowest BCUT2D eigenvalue weighted by Gasteiger charge is -2.08. The van der Waals surface area contributed by atoms with Crippen LogP contribution in [0.15, 0.2) is 42.5 Å². The Morgan fingerprint density at radius 2 is 1.90 bits per heavy atom. The first kappa shape index (κ1) is 14.4. The van der Waals surface area contributed by atoms with Crippen LogP contribution in [0.25, 0.3) is 0 Å². The largest absolute Gasteiger partial charge is 0.456 e. The van der Waals surface area contributed by atoms with Crippen molar-refractivity contribution in [3.05, 3.63) is 58.6 Å². The third kappa shape index (κ3) is 3.74. The fraction of sp³-hybridized carbons (Fsp3) is 0.188. The fourth-order valence-corrected chi connectivity index (χ4v) is 1.94. The van der Waals surface area contributed by atoms with E-state index in [1.54, 1.807) is 25.3 Å². The van der Waals surface area contributed by atoms with Crippen molar-refractivity contribution >= 4 is 11.6 Å². The molecule has 0 saturated heterocycles. The molecular formula is C16H14ClNO2. The number of methoxy groups -OCH3 is 1. The van der Waals surface area contributed by atoms with Crippen LogP contribution in [0.2, 0.25) is 5.02 Å². The smallest absolute Gasteiger partial charge is 0.146 e. The molecule has 0 N–H and O–H groups in total. The standard InChI is InChI=1S/C16H14ClNO2/c1-19-9-8-12-2-5-14(6-3-12)20-16-7-4-13(11-18)10-15(16)17/h2-7,10H,8-9H2,1H3.